The van der Waals surface area contributed by atoms with Crippen LogP contribution in [0.5, 0.6) is 0 Å². The molecule has 0 fully saturated rings. The smallest absolute Gasteiger partial charge is 0.156 e. The van der Waals surface area contributed by atoms with Crippen molar-refractivity contribution in [3.8, 4) is 0 Å². The van der Waals surface area contributed by atoms with E-state index in [1.165, 1.54) is 11.6 Å². The first-order valence-corrected chi connectivity index (χ1v) is 7.61. The Morgan fingerprint density at radius 1 is 1.00 bits per heavy atom. The number of rotatable bonds is 7. The molecule has 112 valence electrons. The molecule has 0 aliphatic heterocycles. The standard InChI is InChI=1S/C20H21NO/c1-2-16-9-6-10-18(15-16)20(21)14-13-19(22)12-11-17-7-4-3-5-8-17/h3-10,13-15,21H,2,11-12H2,1H3/b14-13-,21-20?. The van der Waals surface area contributed by atoms with Crippen molar-refractivity contribution in [3.63, 3.8) is 0 Å². The zero-order valence-corrected chi connectivity index (χ0v) is 12.9. The highest BCUT2D eigenvalue weighted by Crippen LogP contribution is 2.08. The van der Waals surface area contributed by atoms with Gasteiger partial charge in [-0.3, -0.25) is 4.79 Å². The molecule has 0 aliphatic carbocycles. The van der Waals surface area contributed by atoms with Crippen LogP contribution in [0.4, 0.5) is 0 Å². The van der Waals surface area contributed by atoms with Crippen LogP contribution in [0, 0.1) is 5.41 Å². The van der Waals surface area contributed by atoms with Gasteiger partial charge < -0.3 is 5.41 Å². The summed E-state index contributed by atoms with van der Waals surface area (Å²) in [6.07, 6.45) is 5.28. The van der Waals surface area contributed by atoms with E-state index in [2.05, 4.69) is 6.92 Å². The van der Waals surface area contributed by atoms with Crippen molar-refractivity contribution in [2.24, 2.45) is 0 Å². The summed E-state index contributed by atoms with van der Waals surface area (Å²) in [6.45, 7) is 2.09. The second-order valence-corrected chi connectivity index (χ2v) is 5.25. The van der Waals surface area contributed by atoms with Crippen molar-refractivity contribution in [2.75, 3.05) is 0 Å². The van der Waals surface area contributed by atoms with Gasteiger partial charge in [0.15, 0.2) is 5.78 Å². The molecule has 0 heterocycles. The minimum Gasteiger partial charge on any atom is -0.300 e. The number of aryl methyl sites for hydroxylation is 2. The number of hydrogen-bond donors (Lipinski definition) is 1. The Bertz CT molecular complexity index is 671. The van der Waals surface area contributed by atoms with Crippen molar-refractivity contribution >= 4 is 11.5 Å². The van der Waals surface area contributed by atoms with Crippen LogP contribution in [0.15, 0.2) is 66.7 Å². The summed E-state index contributed by atoms with van der Waals surface area (Å²) in [5.74, 6) is 0.0558. The first-order valence-electron chi connectivity index (χ1n) is 7.61. The van der Waals surface area contributed by atoms with Gasteiger partial charge in [-0.15, -0.1) is 0 Å². The number of nitrogens with one attached hydrogen (secondary N) is 1. The monoisotopic (exact) mass is 291 g/mol. The normalized spacial score (nSPS) is 10.8. The molecule has 0 aliphatic rings. The maximum Gasteiger partial charge on any atom is 0.156 e. The lowest BCUT2D eigenvalue weighted by Gasteiger charge is -2.02. The molecule has 2 heteroatoms. The van der Waals surface area contributed by atoms with Gasteiger partial charge in [0.1, 0.15) is 0 Å². The van der Waals surface area contributed by atoms with Gasteiger partial charge in [-0.1, -0.05) is 55.5 Å². The fourth-order valence-electron chi connectivity index (χ4n) is 2.23. The van der Waals surface area contributed by atoms with Gasteiger partial charge in [-0.05, 0) is 47.8 Å². The largest absolute Gasteiger partial charge is 0.300 e. The van der Waals surface area contributed by atoms with Crippen LogP contribution in [0.25, 0.3) is 0 Å². The summed E-state index contributed by atoms with van der Waals surface area (Å²) >= 11 is 0. The number of ketones is 1. The number of hydrogen-bond acceptors (Lipinski definition) is 2. The minimum absolute atomic E-state index is 0.0558. The molecule has 0 saturated carbocycles. The van der Waals surface area contributed by atoms with Crippen LogP contribution in [0.2, 0.25) is 0 Å². The average Bonchev–Trinajstić information content (AvgIpc) is 2.58. The highest BCUT2D eigenvalue weighted by atomic mass is 16.1. The molecule has 2 nitrogen and oxygen atoms in total. The molecule has 0 amide bonds. The summed E-state index contributed by atoms with van der Waals surface area (Å²) < 4.78 is 0. The third kappa shape index (κ3) is 4.81. The fraction of sp³-hybridized carbons (Fsp3) is 0.200. The Morgan fingerprint density at radius 3 is 2.45 bits per heavy atom. The van der Waals surface area contributed by atoms with Gasteiger partial charge in [0, 0.05) is 6.42 Å². The molecule has 0 aromatic heterocycles. The lowest BCUT2D eigenvalue weighted by molar-refractivity contribution is -0.114. The second kappa shape index (κ2) is 8.08. The van der Waals surface area contributed by atoms with E-state index in [0.29, 0.717) is 12.1 Å². The molecule has 22 heavy (non-hydrogen) atoms. The van der Waals surface area contributed by atoms with E-state index in [0.717, 1.165) is 24.0 Å². The average molecular weight is 291 g/mol. The molecule has 0 unspecified atom stereocenters. The highest BCUT2D eigenvalue weighted by Gasteiger charge is 2.01. The lowest BCUT2D eigenvalue weighted by Crippen LogP contribution is -2.00. The predicted octanol–water partition coefficient (Wildman–Crippen LogP) is 4.37. The predicted molar refractivity (Wildman–Crippen MR) is 91.6 cm³/mol. The Hall–Kier alpha value is -2.48. The molecule has 1 N–H and O–H groups in total. The zero-order valence-electron chi connectivity index (χ0n) is 12.9. The third-order valence-electron chi connectivity index (χ3n) is 3.59. The first-order chi connectivity index (χ1) is 10.7. The van der Waals surface area contributed by atoms with Gasteiger partial charge in [-0.25, -0.2) is 0 Å². The van der Waals surface area contributed by atoms with Crippen LogP contribution >= 0.6 is 0 Å². The van der Waals surface area contributed by atoms with E-state index in [1.54, 1.807) is 6.08 Å². The van der Waals surface area contributed by atoms with Crippen LogP contribution in [0.1, 0.15) is 30.0 Å². The maximum absolute atomic E-state index is 11.9. The SMILES string of the molecule is CCc1cccc(C(=N)/C=C\C(=O)CCc2ccccc2)c1. The molecule has 0 bridgehead atoms. The fourth-order valence-corrected chi connectivity index (χ4v) is 2.23. The maximum atomic E-state index is 11.9. The van der Waals surface area contributed by atoms with Gasteiger partial charge in [0.25, 0.3) is 0 Å². The second-order valence-electron chi connectivity index (χ2n) is 5.25. The molecule has 2 aromatic carbocycles. The minimum atomic E-state index is 0.0558. The number of benzene rings is 2. The lowest BCUT2D eigenvalue weighted by atomic mass is 10.0. The Balaban J connectivity index is 1.90. The van der Waals surface area contributed by atoms with E-state index >= 15 is 0 Å². The van der Waals surface area contributed by atoms with Crippen molar-refractivity contribution in [1.82, 2.24) is 0 Å². The summed E-state index contributed by atoms with van der Waals surface area (Å²) in [7, 11) is 0. The summed E-state index contributed by atoms with van der Waals surface area (Å²) in [5.41, 5.74) is 3.59. The molecule has 0 radical (unpaired) electrons. The Labute approximate surface area is 132 Å². The van der Waals surface area contributed by atoms with Crippen LogP contribution in [0.3, 0.4) is 0 Å². The van der Waals surface area contributed by atoms with E-state index in [4.69, 9.17) is 5.41 Å². The third-order valence-corrected chi connectivity index (χ3v) is 3.59. The first kappa shape index (κ1) is 15.9. The van der Waals surface area contributed by atoms with E-state index < -0.39 is 0 Å². The summed E-state index contributed by atoms with van der Waals surface area (Å²) in [6, 6.07) is 17.9. The molecule has 0 spiro atoms. The molecule has 0 saturated heterocycles. The van der Waals surface area contributed by atoms with Crippen LogP contribution in [-0.4, -0.2) is 11.5 Å². The molecular weight excluding hydrogens is 270 g/mol. The van der Waals surface area contributed by atoms with E-state index in [1.807, 2.05) is 54.6 Å². The van der Waals surface area contributed by atoms with Gasteiger partial charge in [0.2, 0.25) is 0 Å². The Morgan fingerprint density at radius 2 is 1.73 bits per heavy atom. The molecule has 2 aromatic rings. The highest BCUT2D eigenvalue weighted by molar-refractivity contribution is 6.09. The van der Waals surface area contributed by atoms with Crippen molar-refractivity contribution in [1.29, 1.82) is 5.41 Å². The topological polar surface area (TPSA) is 40.9 Å². The van der Waals surface area contributed by atoms with E-state index in [-0.39, 0.29) is 5.78 Å². The zero-order chi connectivity index (χ0) is 15.8. The Kier molecular flexibility index (Phi) is 5.84. The summed E-state index contributed by atoms with van der Waals surface area (Å²) in [4.78, 5) is 11.9. The molecule has 2 rings (SSSR count). The number of allylic oxidation sites excluding steroid dienone is 2. The molecule has 0 atom stereocenters. The number of carbonyl (C=O) groups excluding carboxylic acids is 1. The quantitative estimate of drug-likeness (QED) is 0.597. The van der Waals surface area contributed by atoms with Crippen molar-refractivity contribution < 1.29 is 4.79 Å². The van der Waals surface area contributed by atoms with Gasteiger partial charge in [-0.2, -0.15) is 0 Å². The van der Waals surface area contributed by atoms with Crippen LogP contribution < -0.4 is 0 Å². The van der Waals surface area contributed by atoms with Crippen LogP contribution in [-0.2, 0) is 17.6 Å². The molecular formula is C20H21NO. The van der Waals surface area contributed by atoms with Gasteiger partial charge >= 0.3 is 0 Å². The van der Waals surface area contributed by atoms with E-state index in [9.17, 15) is 4.79 Å². The number of carbonyl (C=O) groups is 1. The van der Waals surface area contributed by atoms with Crippen molar-refractivity contribution in [2.45, 2.75) is 26.2 Å². The van der Waals surface area contributed by atoms with Crippen molar-refractivity contribution in [3.05, 3.63) is 83.4 Å². The summed E-state index contributed by atoms with van der Waals surface area (Å²) in [5, 5.41) is 8.05. The van der Waals surface area contributed by atoms with Gasteiger partial charge in [0.05, 0.1) is 5.71 Å².